The number of ether oxygens (including phenoxy) is 1. The summed E-state index contributed by atoms with van der Waals surface area (Å²) in [4.78, 5) is 21.0. The van der Waals surface area contributed by atoms with Crippen LogP contribution in [0.2, 0.25) is 0 Å². The van der Waals surface area contributed by atoms with Crippen molar-refractivity contribution in [3.8, 4) is 0 Å². The molecule has 0 rings (SSSR count). The molecule has 0 saturated heterocycles. The summed E-state index contributed by atoms with van der Waals surface area (Å²) in [5.41, 5.74) is -0.249. The molecule has 0 amide bonds. The van der Waals surface area contributed by atoms with Crippen LogP contribution in [-0.4, -0.2) is 18.5 Å². The molecule has 0 saturated carbocycles. The van der Waals surface area contributed by atoms with Crippen LogP contribution < -0.4 is 34.7 Å². The SMILES string of the molecule is C=C(CC(=O)OCCCC)C(=O)[O-].[Na+]. The summed E-state index contributed by atoms with van der Waals surface area (Å²) in [6.45, 7) is 5.45. The fraction of sp³-hybridized carbons (Fsp3) is 0.556. The first kappa shape index (κ1) is 16.1. The maximum absolute atomic E-state index is 10.9. The van der Waals surface area contributed by atoms with Crippen molar-refractivity contribution in [1.82, 2.24) is 0 Å². The zero-order valence-electron chi connectivity index (χ0n) is 8.67. The third-order valence-electron chi connectivity index (χ3n) is 1.41. The van der Waals surface area contributed by atoms with Crippen LogP contribution in [0.1, 0.15) is 26.2 Å². The maximum atomic E-state index is 10.9. The Morgan fingerprint density at radius 1 is 1.43 bits per heavy atom. The molecule has 0 fully saturated rings. The maximum Gasteiger partial charge on any atom is 1.00 e. The van der Waals surface area contributed by atoms with Gasteiger partial charge in [-0.1, -0.05) is 19.9 Å². The monoisotopic (exact) mass is 208 g/mol. The predicted molar refractivity (Wildman–Crippen MR) is 44.6 cm³/mol. The molecule has 0 unspecified atom stereocenters. The molecule has 4 nitrogen and oxygen atoms in total. The minimum atomic E-state index is -1.41. The minimum absolute atomic E-state index is 0. The molecule has 14 heavy (non-hydrogen) atoms. The van der Waals surface area contributed by atoms with Gasteiger partial charge in [0.25, 0.3) is 0 Å². The van der Waals surface area contributed by atoms with Gasteiger partial charge in [-0.3, -0.25) is 4.79 Å². The van der Waals surface area contributed by atoms with Crippen molar-refractivity contribution in [2.75, 3.05) is 6.61 Å². The molecule has 0 aliphatic rings. The van der Waals surface area contributed by atoms with E-state index in [0.29, 0.717) is 6.61 Å². The number of esters is 1. The van der Waals surface area contributed by atoms with Crippen LogP contribution in [0.15, 0.2) is 12.2 Å². The predicted octanol–water partition coefficient (Wildman–Crippen LogP) is -2.97. The fourth-order valence-corrected chi connectivity index (χ4v) is 0.628. The number of hydrogen-bond donors (Lipinski definition) is 0. The van der Waals surface area contributed by atoms with Crippen molar-refractivity contribution in [3.05, 3.63) is 12.2 Å². The van der Waals surface area contributed by atoms with Gasteiger partial charge in [-0.15, -0.1) is 0 Å². The molecule has 0 N–H and O–H groups in total. The molecule has 0 aliphatic carbocycles. The number of carboxylic acid groups (broad SMARTS) is 1. The van der Waals surface area contributed by atoms with Gasteiger partial charge in [0.1, 0.15) is 0 Å². The van der Waals surface area contributed by atoms with Crippen molar-refractivity contribution >= 4 is 11.9 Å². The van der Waals surface area contributed by atoms with E-state index in [-0.39, 0.29) is 41.6 Å². The van der Waals surface area contributed by atoms with Gasteiger partial charge in [0.15, 0.2) is 0 Å². The first-order chi connectivity index (χ1) is 6.07. The third kappa shape index (κ3) is 8.29. The standard InChI is InChI=1S/C9H14O4.Na/c1-3-4-5-13-8(10)6-7(2)9(11)12;/h2-6H2,1H3,(H,11,12);/q;+1/p-1. The Kier molecular flexibility index (Phi) is 10.6. The Balaban J connectivity index is 0. The van der Waals surface area contributed by atoms with Crippen LogP contribution >= 0.6 is 0 Å². The Labute approximate surface area is 106 Å². The molecule has 5 heteroatoms. The first-order valence-electron chi connectivity index (χ1n) is 4.12. The minimum Gasteiger partial charge on any atom is -0.545 e. The molecule has 0 aromatic heterocycles. The number of carbonyl (C=O) groups excluding carboxylic acids is 2. The summed E-state index contributed by atoms with van der Waals surface area (Å²) in [6.07, 6.45) is 1.41. The quantitative estimate of drug-likeness (QED) is 0.202. The van der Waals surface area contributed by atoms with Gasteiger partial charge in [0, 0.05) is 0 Å². The van der Waals surface area contributed by atoms with E-state index < -0.39 is 11.9 Å². The van der Waals surface area contributed by atoms with Crippen molar-refractivity contribution < 1.29 is 49.0 Å². The zero-order chi connectivity index (χ0) is 10.3. The number of carbonyl (C=O) groups is 2. The number of aliphatic carboxylic acids is 1. The Morgan fingerprint density at radius 3 is 2.43 bits per heavy atom. The topological polar surface area (TPSA) is 66.4 Å². The molecule has 74 valence electrons. The number of carboxylic acids is 1. The largest absolute Gasteiger partial charge is 1.00 e. The van der Waals surface area contributed by atoms with Crippen LogP contribution in [0, 0.1) is 0 Å². The smallest absolute Gasteiger partial charge is 0.545 e. The van der Waals surface area contributed by atoms with E-state index in [1.165, 1.54) is 0 Å². The van der Waals surface area contributed by atoms with Crippen LogP contribution in [0.3, 0.4) is 0 Å². The van der Waals surface area contributed by atoms with Crippen LogP contribution in [-0.2, 0) is 14.3 Å². The van der Waals surface area contributed by atoms with Crippen molar-refractivity contribution in [3.63, 3.8) is 0 Å². The Hall–Kier alpha value is -0.320. The molecule has 0 spiro atoms. The molecule has 0 aromatic carbocycles. The summed E-state index contributed by atoms with van der Waals surface area (Å²) in [5, 5.41) is 10.1. The molecule has 0 bridgehead atoms. The molecule has 0 radical (unpaired) electrons. The molecule has 0 atom stereocenters. The van der Waals surface area contributed by atoms with Gasteiger partial charge in [-0.25, -0.2) is 0 Å². The van der Waals surface area contributed by atoms with E-state index in [0.717, 1.165) is 12.8 Å². The summed E-state index contributed by atoms with van der Waals surface area (Å²) in [6, 6.07) is 0. The van der Waals surface area contributed by atoms with Crippen molar-refractivity contribution in [2.24, 2.45) is 0 Å². The van der Waals surface area contributed by atoms with E-state index in [1.807, 2.05) is 6.92 Å². The van der Waals surface area contributed by atoms with Gasteiger partial charge >= 0.3 is 35.5 Å². The third-order valence-corrected chi connectivity index (χ3v) is 1.41. The molecular weight excluding hydrogens is 195 g/mol. The molecular formula is C9H13NaO4. The van der Waals surface area contributed by atoms with Gasteiger partial charge in [-0.2, -0.15) is 0 Å². The van der Waals surface area contributed by atoms with E-state index in [2.05, 4.69) is 6.58 Å². The Morgan fingerprint density at radius 2 is 2.00 bits per heavy atom. The second kappa shape index (κ2) is 9.24. The normalized spacial score (nSPS) is 8.64. The average molecular weight is 208 g/mol. The van der Waals surface area contributed by atoms with Crippen molar-refractivity contribution in [1.29, 1.82) is 0 Å². The van der Waals surface area contributed by atoms with E-state index in [9.17, 15) is 14.7 Å². The van der Waals surface area contributed by atoms with Gasteiger partial charge < -0.3 is 14.6 Å². The van der Waals surface area contributed by atoms with Gasteiger partial charge in [-0.05, 0) is 12.0 Å². The molecule has 0 aliphatic heterocycles. The summed E-state index contributed by atoms with van der Waals surface area (Å²) >= 11 is 0. The average Bonchev–Trinajstić information content (AvgIpc) is 2.04. The Bertz CT molecular complexity index is 213. The van der Waals surface area contributed by atoms with Crippen molar-refractivity contribution in [2.45, 2.75) is 26.2 Å². The number of rotatable bonds is 6. The van der Waals surface area contributed by atoms with Gasteiger partial charge in [0.05, 0.1) is 19.0 Å². The molecule has 0 aromatic rings. The van der Waals surface area contributed by atoms with E-state index >= 15 is 0 Å². The summed E-state index contributed by atoms with van der Waals surface area (Å²) < 4.78 is 4.71. The molecule has 0 heterocycles. The first-order valence-corrected chi connectivity index (χ1v) is 4.12. The van der Waals surface area contributed by atoms with Crippen LogP contribution in [0.4, 0.5) is 0 Å². The zero-order valence-corrected chi connectivity index (χ0v) is 10.7. The van der Waals surface area contributed by atoms with Gasteiger partial charge in [0.2, 0.25) is 0 Å². The number of unbranched alkanes of at least 4 members (excludes halogenated alkanes) is 1. The van der Waals surface area contributed by atoms with E-state index in [4.69, 9.17) is 4.74 Å². The van der Waals surface area contributed by atoms with Crippen LogP contribution in [0.25, 0.3) is 0 Å². The van der Waals surface area contributed by atoms with Crippen LogP contribution in [0.5, 0.6) is 0 Å². The second-order valence-electron chi connectivity index (χ2n) is 2.64. The van der Waals surface area contributed by atoms with E-state index in [1.54, 1.807) is 0 Å². The summed E-state index contributed by atoms with van der Waals surface area (Å²) in [5.74, 6) is -1.98. The fourth-order valence-electron chi connectivity index (χ4n) is 0.628. The number of hydrogen-bond acceptors (Lipinski definition) is 4. The summed E-state index contributed by atoms with van der Waals surface area (Å²) in [7, 11) is 0. The second-order valence-corrected chi connectivity index (χ2v) is 2.64.